The molecular weight excluding hydrogens is 362 g/mol. The highest BCUT2D eigenvalue weighted by Crippen LogP contribution is 2.29. The topological polar surface area (TPSA) is 87.3 Å². The monoisotopic (exact) mass is 383 g/mol. The summed E-state index contributed by atoms with van der Waals surface area (Å²) in [6.07, 6.45) is 0.418. The van der Waals surface area contributed by atoms with Crippen molar-refractivity contribution < 1.29 is 14.4 Å². The Morgan fingerprint density at radius 2 is 1.74 bits per heavy atom. The number of hydrogen-bond acceptors (Lipinski definition) is 4. The molecule has 140 valence electrons. The summed E-state index contributed by atoms with van der Waals surface area (Å²) in [4.78, 5) is 36.8. The highest BCUT2D eigenvalue weighted by atomic mass is 32.2. The molecule has 27 heavy (non-hydrogen) atoms. The molecule has 1 saturated heterocycles. The van der Waals surface area contributed by atoms with Gasteiger partial charge in [0.2, 0.25) is 5.91 Å². The Kier molecular flexibility index (Phi) is 5.81. The van der Waals surface area contributed by atoms with E-state index < -0.39 is 12.1 Å². The Balaban J connectivity index is 1.51. The van der Waals surface area contributed by atoms with E-state index in [1.54, 1.807) is 11.8 Å². The summed E-state index contributed by atoms with van der Waals surface area (Å²) in [5, 5.41) is 7.44. The van der Waals surface area contributed by atoms with Gasteiger partial charge in [-0.05, 0) is 67.8 Å². The molecule has 0 unspecified atom stereocenters. The number of rotatable bonds is 6. The Labute approximate surface area is 162 Å². The maximum atomic E-state index is 12.0. The molecule has 1 heterocycles. The Hall–Kier alpha value is -2.80. The van der Waals surface area contributed by atoms with Crippen LogP contribution in [0.5, 0.6) is 0 Å². The molecule has 7 heteroatoms. The van der Waals surface area contributed by atoms with Crippen LogP contribution in [-0.2, 0) is 9.59 Å². The van der Waals surface area contributed by atoms with Crippen molar-refractivity contribution in [2.45, 2.75) is 42.5 Å². The molecule has 1 aliphatic rings. The summed E-state index contributed by atoms with van der Waals surface area (Å²) in [5.41, 5.74) is 3.23. The molecule has 1 aliphatic heterocycles. The normalized spacial score (nSPS) is 16.0. The smallest absolute Gasteiger partial charge is 0.322 e. The van der Waals surface area contributed by atoms with Crippen molar-refractivity contribution >= 4 is 35.3 Å². The molecule has 1 atom stereocenters. The van der Waals surface area contributed by atoms with Gasteiger partial charge in [-0.2, -0.15) is 0 Å². The minimum atomic E-state index is -0.639. The van der Waals surface area contributed by atoms with Crippen LogP contribution in [0.2, 0.25) is 0 Å². The molecule has 1 fully saturated rings. The fourth-order valence-corrected chi connectivity index (χ4v) is 3.60. The molecule has 0 bridgehead atoms. The Morgan fingerprint density at radius 3 is 2.37 bits per heavy atom. The van der Waals surface area contributed by atoms with Crippen LogP contribution in [0, 0.1) is 13.8 Å². The average molecular weight is 383 g/mol. The molecule has 6 nitrogen and oxygen atoms in total. The summed E-state index contributed by atoms with van der Waals surface area (Å²) >= 11 is 1.67. The highest BCUT2D eigenvalue weighted by molar-refractivity contribution is 7.99. The van der Waals surface area contributed by atoms with E-state index in [9.17, 15) is 14.4 Å². The van der Waals surface area contributed by atoms with Gasteiger partial charge in [0, 0.05) is 21.9 Å². The maximum Gasteiger partial charge on any atom is 0.322 e. The third-order valence-corrected chi connectivity index (χ3v) is 5.37. The van der Waals surface area contributed by atoms with Crippen molar-refractivity contribution in [1.82, 2.24) is 10.6 Å². The Bertz CT molecular complexity index is 881. The molecule has 3 N–H and O–H groups in total. The number of aryl methyl sites for hydroxylation is 2. The van der Waals surface area contributed by atoms with Crippen LogP contribution >= 0.6 is 11.8 Å². The summed E-state index contributed by atoms with van der Waals surface area (Å²) in [6.45, 7) is 4.19. The first-order valence-electron chi connectivity index (χ1n) is 8.67. The predicted molar refractivity (Wildman–Crippen MR) is 105 cm³/mol. The summed E-state index contributed by atoms with van der Waals surface area (Å²) in [6, 6.07) is 12.8. The van der Waals surface area contributed by atoms with E-state index in [4.69, 9.17) is 0 Å². The van der Waals surface area contributed by atoms with Gasteiger partial charge in [-0.3, -0.25) is 14.9 Å². The van der Waals surface area contributed by atoms with Gasteiger partial charge in [0.1, 0.15) is 6.04 Å². The van der Waals surface area contributed by atoms with Crippen molar-refractivity contribution in [2.75, 3.05) is 5.32 Å². The van der Waals surface area contributed by atoms with E-state index in [1.165, 1.54) is 16.0 Å². The summed E-state index contributed by atoms with van der Waals surface area (Å²) in [5.74, 6) is -0.584. The lowest BCUT2D eigenvalue weighted by molar-refractivity contribution is -0.120. The van der Waals surface area contributed by atoms with Crippen molar-refractivity contribution in [3.05, 3.63) is 53.6 Å². The van der Waals surface area contributed by atoms with E-state index in [0.717, 1.165) is 4.90 Å². The number of anilines is 1. The molecular formula is C20H21N3O3S. The van der Waals surface area contributed by atoms with Crippen LogP contribution in [0.4, 0.5) is 10.5 Å². The minimum absolute atomic E-state index is 0.150. The number of carbonyl (C=O) groups excluding carboxylic acids is 3. The lowest BCUT2D eigenvalue weighted by atomic mass is 10.1. The SMILES string of the molecule is Cc1ccc(Sc2ccc(NC(=O)CC[C@@H]3NC(=O)NC3=O)cc2)cc1C. The van der Waals surface area contributed by atoms with Crippen LogP contribution in [0.3, 0.4) is 0 Å². The number of imide groups is 1. The van der Waals surface area contributed by atoms with E-state index in [1.807, 2.05) is 24.3 Å². The first-order chi connectivity index (χ1) is 12.9. The molecule has 3 rings (SSSR count). The molecule has 0 aromatic heterocycles. The molecule has 0 radical (unpaired) electrons. The van der Waals surface area contributed by atoms with Gasteiger partial charge in [-0.25, -0.2) is 4.79 Å². The van der Waals surface area contributed by atoms with Crippen LogP contribution in [0.15, 0.2) is 52.3 Å². The maximum absolute atomic E-state index is 12.0. The summed E-state index contributed by atoms with van der Waals surface area (Å²) in [7, 11) is 0. The van der Waals surface area contributed by atoms with Crippen LogP contribution in [0.25, 0.3) is 0 Å². The lowest BCUT2D eigenvalue weighted by Crippen LogP contribution is -2.30. The van der Waals surface area contributed by atoms with E-state index >= 15 is 0 Å². The van der Waals surface area contributed by atoms with Gasteiger partial charge >= 0.3 is 6.03 Å². The second kappa shape index (κ2) is 8.26. The molecule has 0 aliphatic carbocycles. The minimum Gasteiger partial charge on any atom is -0.326 e. The highest BCUT2D eigenvalue weighted by Gasteiger charge is 2.29. The van der Waals surface area contributed by atoms with Crippen molar-refractivity contribution in [1.29, 1.82) is 0 Å². The van der Waals surface area contributed by atoms with Crippen molar-refractivity contribution in [3.8, 4) is 0 Å². The first-order valence-corrected chi connectivity index (χ1v) is 9.49. The van der Waals surface area contributed by atoms with Gasteiger partial charge in [0.25, 0.3) is 5.91 Å². The number of nitrogens with one attached hydrogen (secondary N) is 3. The van der Waals surface area contributed by atoms with E-state index in [0.29, 0.717) is 5.69 Å². The van der Waals surface area contributed by atoms with Gasteiger partial charge < -0.3 is 10.6 Å². The number of benzene rings is 2. The zero-order valence-electron chi connectivity index (χ0n) is 15.2. The fourth-order valence-electron chi connectivity index (χ4n) is 2.68. The van der Waals surface area contributed by atoms with Gasteiger partial charge in [0.05, 0.1) is 0 Å². The second-order valence-corrected chi connectivity index (χ2v) is 7.62. The van der Waals surface area contributed by atoms with Gasteiger partial charge in [-0.1, -0.05) is 17.8 Å². The fraction of sp³-hybridized carbons (Fsp3) is 0.250. The zero-order valence-corrected chi connectivity index (χ0v) is 16.0. The van der Waals surface area contributed by atoms with E-state index in [-0.39, 0.29) is 24.7 Å². The molecule has 0 saturated carbocycles. The van der Waals surface area contributed by atoms with Crippen molar-refractivity contribution in [2.24, 2.45) is 0 Å². The molecule has 2 aromatic carbocycles. The number of urea groups is 1. The molecule has 4 amide bonds. The van der Waals surface area contributed by atoms with Gasteiger partial charge in [0.15, 0.2) is 0 Å². The predicted octanol–water partition coefficient (Wildman–Crippen LogP) is 3.38. The average Bonchev–Trinajstić information content (AvgIpc) is 2.95. The largest absolute Gasteiger partial charge is 0.326 e. The standard InChI is InChI=1S/C20H21N3O3S/c1-12-3-6-16(11-13(12)2)27-15-7-4-14(5-8-15)21-18(24)10-9-17-19(25)23-20(26)22-17/h3-8,11,17H,9-10H2,1-2H3,(H,21,24)(H2,22,23,25,26)/t17-/m0/s1. The van der Waals surface area contributed by atoms with Crippen LogP contribution < -0.4 is 16.0 Å². The van der Waals surface area contributed by atoms with E-state index in [2.05, 4.69) is 48.0 Å². The van der Waals surface area contributed by atoms with Gasteiger partial charge in [-0.15, -0.1) is 0 Å². The van der Waals surface area contributed by atoms with Crippen molar-refractivity contribution in [3.63, 3.8) is 0 Å². The third-order valence-electron chi connectivity index (χ3n) is 4.37. The lowest BCUT2D eigenvalue weighted by Gasteiger charge is -2.09. The summed E-state index contributed by atoms with van der Waals surface area (Å²) < 4.78 is 0. The van der Waals surface area contributed by atoms with Crippen LogP contribution in [0.1, 0.15) is 24.0 Å². The molecule has 0 spiro atoms. The first kappa shape index (κ1) is 19.0. The third kappa shape index (κ3) is 5.10. The number of amides is 4. The molecule has 2 aromatic rings. The van der Waals surface area contributed by atoms with Crippen LogP contribution in [-0.4, -0.2) is 23.9 Å². The number of carbonyl (C=O) groups is 3. The zero-order chi connectivity index (χ0) is 19.4. The Morgan fingerprint density at radius 1 is 1.04 bits per heavy atom. The second-order valence-electron chi connectivity index (χ2n) is 6.47. The quantitative estimate of drug-likeness (QED) is 0.668. The number of hydrogen-bond donors (Lipinski definition) is 3.